The number of fused-ring (bicyclic) bond motifs is 3. The minimum Gasteiger partial charge on any atom is -0.507 e. The standard InChI is InChI=1S/C22H13NO2/c24-21-15-9-3-1-7-13(15)19(14-8-2-4-10-16(14)21)20-17-11-5-6-12-18(17)23-22(20)25/h1-12,24H. The number of aromatic hydroxyl groups is 1. The van der Waals surface area contributed by atoms with Gasteiger partial charge in [-0.2, -0.15) is 0 Å². The zero-order valence-electron chi connectivity index (χ0n) is 13.2. The maximum absolute atomic E-state index is 12.7. The Bertz CT molecular complexity index is 1260. The number of phenolic OH excluding ortho intramolecular Hbond substituents is 1. The van der Waals surface area contributed by atoms with Gasteiger partial charge in [-0.15, -0.1) is 0 Å². The maximum atomic E-state index is 12.7. The molecule has 1 aliphatic heterocycles. The van der Waals surface area contributed by atoms with Crippen LogP contribution < -0.4 is 10.6 Å². The van der Waals surface area contributed by atoms with Gasteiger partial charge in [-0.3, -0.25) is 4.79 Å². The first-order valence-corrected chi connectivity index (χ1v) is 8.11. The first-order chi connectivity index (χ1) is 12.3. The van der Waals surface area contributed by atoms with Crippen LogP contribution in [0.15, 0.2) is 77.8 Å². The van der Waals surface area contributed by atoms with Crippen LogP contribution in [0.4, 0.5) is 0 Å². The van der Waals surface area contributed by atoms with E-state index in [9.17, 15) is 9.90 Å². The first-order valence-electron chi connectivity index (χ1n) is 8.11. The highest BCUT2D eigenvalue weighted by molar-refractivity contribution is 6.29. The summed E-state index contributed by atoms with van der Waals surface area (Å²) < 4.78 is 0. The van der Waals surface area contributed by atoms with E-state index in [0.717, 1.165) is 32.3 Å². The van der Waals surface area contributed by atoms with Crippen LogP contribution >= 0.6 is 0 Å². The second kappa shape index (κ2) is 5.02. The Balaban J connectivity index is 2.10. The van der Waals surface area contributed by atoms with Crippen molar-refractivity contribution in [3.05, 3.63) is 88.9 Å². The Kier molecular flexibility index (Phi) is 2.80. The number of nitrogens with zero attached hydrogens (tertiary/aromatic N) is 1. The number of hydrogen-bond donors (Lipinski definition) is 1. The van der Waals surface area contributed by atoms with E-state index >= 15 is 0 Å². The zero-order chi connectivity index (χ0) is 17.0. The van der Waals surface area contributed by atoms with E-state index in [1.54, 1.807) is 0 Å². The van der Waals surface area contributed by atoms with Crippen LogP contribution in [-0.2, 0) is 4.79 Å². The fourth-order valence-corrected chi connectivity index (χ4v) is 3.68. The van der Waals surface area contributed by atoms with Gasteiger partial charge in [0.05, 0.1) is 10.9 Å². The third kappa shape index (κ3) is 1.86. The van der Waals surface area contributed by atoms with Crippen molar-refractivity contribution < 1.29 is 9.90 Å². The van der Waals surface area contributed by atoms with Gasteiger partial charge in [-0.25, -0.2) is 4.99 Å². The normalized spacial score (nSPS) is 13.3. The Morgan fingerprint density at radius 3 is 1.84 bits per heavy atom. The van der Waals surface area contributed by atoms with Crippen LogP contribution in [0.25, 0.3) is 27.1 Å². The molecule has 118 valence electrons. The molecule has 1 amide bonds. The van der Waals surface area contributed by atoms with Crippen molar-refractivity contribution >= 4 is 33.0 Å². The van der Waals surface area contributed by atoms with Crippen molar-refractivity contribution in [1.29, 1.82) is 0 Å². The van der Waals surface area contributed by atoms with Gasteiger partial charge in [0.1, 0.15) is 5.75 Å². The first kappa shape index (κ1) is 13.9. The number of rotatable bonds is 1. The van der Waals surface area contributed by atoms with E-state index in [2.05, 4.69) is 4.99 Å². The summed E-state index contributed by atoms with van der Waals surface area (Å²) in [5.74, 6) is 0.00779. The van der Waals surface area contributed by atoms with Gasteiger partial charge in [-0.1, -0.05) is 66.7 Å². The van der Waals surface area contributed by atoms with Gasteiger partial charge >= 0.3 is 0 Å². The quantitative estimate of drug-likeness (QED) is 0.547. The highest BCUT2D eigenvalue weighted by Gasteiger charge is 2.23. The minimum absolute atomic E-state index is 0.234. The number of benzene rings is 4. The predicted molar refractivity (Wildman–Crippen MR) is 97.9 cm³/mol. The molecule has 25 heavy (non-hydrogen) atoms. The summed E-state index contributed by atoms with van der Waals surface area (Å²) in [6.45, 7) is 0. The number of para-hydroxylation sites is 1. The molecule has 4 aromatic rings. The Labute approximate surface area is 143 Å². The molecule has 3 nitrogen and oxygen atoms in total. The van der Waals surface area contributed by atoms with Gasteiger partial charge in [0, 0.05) is 21.6 Å². The summed E-state index contributed by atoms with van der Waals surface area (Å²) in [5, 5.41) is 15.4. The molecule has 1 heterocycles. The molecule has 0 saturated carbocycles. The highest BCUT2D eigenvalue weighted by Crippen LogP contribution is 2.40. The zero-order valence-corrected chi connectivity index (χ0v) is 13.2. The lowest BCUT2D eigenvalue weighted by Crippen LogP contribution is -2.22. The summed E-state index contributed by atoms with van der Waals surface area (Å²) in [4.78, 5) is 16.9. The van der Waals surface area contributed by atoms with Crippen LogP contribution in [0.5, 0.6) is 5.75 Å². The predicted octanol–water partition coefficient (Wildman–Crippen LogP) is 3.06. The molecule has 0 aromatic heterocycles. The Morgan fingerprint density at radius 1 is 0.680 bits per heavy atom. The third-order valence-corrected chi connectivity index (χ3v) is 4.76. The largest absolute Gasteiger partial charge is 0.507 e. The maximum Gasteiger partial charge on any atom is 0.278 e. The molecular formula is C22H13NO2. The van der Waals surface area contributed by atoms with Crippen LogP contribution in [0, 0.1) is 0 Å². The van der Waals surface area contributed by atoms with E-state index in [4.69, 9.17) is 0 Å². The summed E-state index contributed by atoms with van der Waals surface area (Å²) in [5.41, 5.74) is 1.44. The van der Waals surface area contributed by atoms with Crippen LogP contribution in [-0.4, -0.2) is 11.0 Å². The summed E-state index contributed by atoms with van der Waals surface area (Å²) in [6.07, 6.45) is 0. The lowest BCUT2D eigenvalue weighted by Gasteiger charge is -2.13. The van der Waals surface area contributed by atoms with Crippen LogP contribution in [0.2, 0.25) is 0 Å². The SMILES string of the molecule is O=C1N=c2ccccc2=C1c1c2ccccc2c(O)c2ccccc12. The van der Waals surface area contributed by atoms with Gasteiger partial charge in [0.2, 0.25) is 0 Å². The smallest absolute Gasteiger partial charge is 0.278 e. The van der Waals surface area contributed by atoms with Crippen molar-refractivity contribution in [2.75, 3.05) is 0 Å². The molecule has 0 saturated heterocycles. The van der Waals surface area contributed by atoms with Crippen molar-refractivity contribution in [3.8, 4) is 5.75 Å². The average molecular weight is 323 g/mol. The van der Waals surface area contributed by atoms with Crippen molar-refractivity contribution in [2.24, 2.45) is 4.99 Å². The monoisotopic (exact) mass is 323 g/mol. The number of phenols is 1. The molecule has 5 rings (SSSR count). The van der Waals surface area contributed by atoms with E-state index in [0.29, 0.717) is 10.9 Å². The van der Waals surface area contributed by atoms with Crippen molar-refractivity contribution in [1.82, 2.24) is 0 Å². The molecule has 1 aliphatic rings. The van der Waals surface area contributed by atoms with E-state index < -0.39 is 0 Å². The van der Waals surface area contributed by atoms with Crippen molar-refractivity contribution in [3.63, 3.8) is 0 Å². The highest BCUT2D eigenvalue weighted by atomic mass is 16.3. The molecule has 0 spiro atoms. The third-order valence-electron chi connectivity index (χ3n) is 4.76. The van der Waals surface area contributed by atoms with Crippen LogP contribution in [0.1, 0.15) is 5.56 Å². The molecule has 0 atom stereocenters. The molecule has 1 N–H and O–H groups in total. The van der Waals surface area contributed by atoms with Crippen LogP contribution in [0.3, 0.4) is 0 Å². The van der Waals surface area contributed by atoms with Gasteiger partial charge < -0.3 is 5.11 Å². The molecule has 0 bridgehead atoms. The van der Waals surface area contributed by atoms with E-state index in [-0.39, 0.29) is 11.7 Å². The molecule has 0 fully saturated rings. The molecular weight excluding hydrogens is 310 g/mol. The van der Waals surface area contributed by atoms with Crippen molar-refractivity contribution in [2.45, 2.75) is 0 Å². The summed E-state index contributed by atoms with van der Waals surface area (Å²) in [6, 6.07) is 22.8. The molecule has 0 aliphatic carbocycles. The second-order valence-electron chi connectivity index (χ2n) is 6.12. The number of hydrogen-bond acceptors (Lipinski definition) is 2. The summed E-state index contributed by atoms with van der Waals surface area (Å²) in [7, 11) is 0. The second-order valence-corrected chi connectivity index (χ2v) is 6.12. The van der Waals surface area contributed by atoms with E-state index in [1.807, 2.05) is 72.8 Å². The number of carbonyl (C=O) groups is 1. The topological polar surface area (TPSA) is 49.7 Å². The molecule has 0 unspecified atom stereocenters. The number of carbonyl (C=O) groups excluding carboxylic acids is 1. The number of amides is 1. The molecule has 4 aromatic carbocycles. The average Bonchev–Trinajstić information content (AvgIpc) is 2.98. The lowest BCUT2D eigenvalue weighted by molar-refractivity contribution is -0.112. The van der Waals surface area contributed by atoms with Gasteiger partial charge in [0.15, 0.2) is 0 Å². The van der Waals surface area contributed by atoms with Gasteiger partial charge in [-0.05, 0) is 16.8 Å². The molecule has 3 heteroatoms. The van der Waals surface area contributed by atoms with Gasteiger partial charge in [0.25, 0.3) is 5.91 Å². The summed E-state index contributed by atoms with van der Waals surface area (Å²) >= 11 is 0. The van der Waals surface area contributed by atoms with E-state index in [1.165, 1.54) is 0 Å². The fourth-order valence-electron chi connectivity index (χ4n) is 3.68. The lowest BCUT2D eigenvalue weighted by atomic mass is 9.90. The molecule has 0 radical (unpaired) electrons. The fraction of sp³-hybridized carbons (Fsp3) is 0. The Hall–Kier alpha value is -3.46. The Morgan fingerprint density at radius 2 is 1.20 bits per heavy atom. The minimum atomic E-state index is -0.234.